The molecule has 0 aliphatic rings. The van der Waals surface area contributed by atoms with Gasteiger partial charge < -0.3 is 10.6 Å². The van der Waals surface area contributed by atoms with Crippen LogP contribution in [0.5, 0.6) is 0 Å². The summed E-state index contributed by atoms with van der Waals surface area (Å²) in [6.45, 7) is 2.70. The maximum absolute atomic E-state index is 12.9. The van der Waals surface area contributed by atoms with Gasteiger partial charge in [-0.2, -0.15) is 10.1 Å². The molecule has 0 spiro atoms. The molecule has 5 nitrogen and oxygen atoms in total. The van der Waals surface area contributed by atoms with Crippen molar-refractivity contribution in [3.63, 3.8) is 0 Å². The van der Waals surface area contributed by atoms with E-state index in [0.717, 1.165) is 5.56 Å². The van der Waals surface area contributed by atoms with Gasteiger partial charge in [-0.1, -0.05) is 29.8 Å². The standard InChI is InChI=1S/C17H16FN5/c1-12-2-4-13(5-3-12)10-19-16-11-20-23-17(22-16)21-15-8-6-14(18)7-9-15/h2-9,11H,10H2,1H3,(H2,19,21,22,23). The van der Waals surface area contributed by atoms with Crippen LogP contribution in [0.1, 0.15) is 11.1 Å². The fourth-order valence-electron chi connectivity index (χ4n) is 2.00. The molecule has 0 saturated carbocycles. The summed E-state index contributed by atoms with van der Waals surface area (Å²) in [6, 6.07) is 14.2. The molecule has 3 rings (SSSR count). The minimum absolute atomic E-state index is 0.289. The summed E-state index contributed by atoms with van der Waals surface area (Å²) >= 11 is 0. The molecular formula is C17H16FN5. The molecule has 0 fully saturated rings. The molecule has 0 saturated heterocycles. The van der Waals surface area contributed by atoms with Crippen molar-refractivity contribution in [3.05, 3.63) is 71.7 Å². The fraction of sp³-hybridized carbons (Fsp3) is 0.118. The second-order valence-corrected chi connectivity index (χ2v) is 5.14. The van der Waals surface area contributed by atoms with Crippen molar-refractivity contribution in [1.82, 2.24) is 15.2 Å². The number of hydrogen-bond acceptors (Lipinski definition) is 5. The van der Waals surface area contributed by atoms with E-state index in [1.54, 1.807) is 18.3 Å². The monoisotopic (exact) mass is 309 g/mol. The average Bonchev–Trinajstić information content (AvgIpc) is 2.57. The van der Waals surface area contributed by atoms with Crippen LogP contribution in [-0.2, 0) is 6.54 Å². The number of aryl methyl sites for hydroxylation is 1. The van der Waals surface area contributed by atoms with Crippen LogP contribution in [0.2, 0.25) is 0 Å². The average molecular weight is 309 g/mol. The van der Waals surface area contributed by atoms with Crippen LogP contribution < -0.4 is 10.6 Å². The van der Waals surface area contributed by atoms with E-state index in [-0.39, 0.29) is 5.82 Å². The second kappa shape index (κ2) is 6.83. The molecule has 0 aliphatic heterocycles. The summed E-state index contributed by atoms with van der Waals surface area (Å²) < 4.78 is 12.9. The fourth-order valence-corrected chi connectivity index (χ4v) is 2.00. The Morgan fingerprint density at radius 1 is 1.00 bits per heavy atom. The van der Waals surface area contributed by atoms with E-state index in [9.17, 15) is 4.39 Å². The largest absolute Gasteiger partial charge is 0.365 e. The van der Waals surface area contributed by atoms with Gasteiger partial charge in [0.2, 0.25) is 5.95 Å². The third kappa shape index (κ3) is 4.23. The number of halogens is 1. The maximum Gasteiger partial charge on any atom is 0.249 e. The van der Waals surface area contributed by atoms with Crippen LogP contribution in [0.25, 0.3) is 0 Å². The number of aromatic nitrogens is 3. The van der Waals surface area contributed by atoms with Crippen LogP contribution in [-0.4, -0.2) is 15.2 Å². The van der Waals surface area contributed by atoms with E-state index in [1.807, 2.05) is 0 Å². The summed E-state index contributed by atoms with van der Waals surface area (Å²) in [5, 5.41) is 14.0. The lowest BCUT2D eigenvalue weighted by atomic mass is 10.1. The molecule has 2 aromatic carbocycles. The quantitative estimate of drug-likeness (QED) is 0.753. The summed E-state index contributed by atoms with van der Waals surface area (Å²) in [7, 11) is 0. The minimum atomic E-state index is -0.289. The molecule has 2 N–H and O–H groups in total. The molecule has 23 heavy (non-hydrogen) atoms. The predicted octanol–water partition coefficient (Wildman–Crippen LogP) is 3.67. The van der Waals surface area contributed by atoms with Crippen LogP contribution in [0.15, 0.2) is 54.7 Å². The first kappa shape index (κ1) is 14.9. The topological polar surface area (TPSA) is 62.7 Å². The van der Waals surface area contributed by atoms with Crippen molar-refractivity contribution in [2.45, 2.75) is 13.5 Å². The number of benzene rings is 2. The highest BCUT2D eigenvalue weighted by molar-refractivity contribution is 5.53. The van der Waals surface area contributed by atoms with Crippen molar-refractivity contribution in [2.75, 3.05) is 10.6 Å². The third-order valence-corrected chi connectivity index (χ3v) is 3.25. The van der Waals surface area contributed by atoms with Gasteiger partial charge in [0.1, 0.15) is 5.82 Å². The summed E-state index contributed by atoms with van der Waals surface area (Å²) in [6.07, 6.45) is 1.56. The Kier molecular flexibility index (Phi) is 4.42. The number of hydrogen-bond donors (Lipinski definition) is 2. The van der Waals surface area contributed by atoms with Crippen molar-refractivity contribution in [1.29, 1.82) is 0 Å². The molecule has 1 heterocycles. The third-order valence-electron chi connectivity index (χ3n) is 3.25. The minimum Gasteiger partial charge on any atom is -0.365 e. The first-order valence-corrected chi connectivity index (χ1v) is 7.21. The van der Waals surface area contributed by atoms with Gasteiger partial charge >= 0.3 is 0 Å². The zero-order valence-electron chi connectivity index (χ0n) is 12.6. The van der Waals surface area contributed by atoms with Gasteiger partial charge in [-0.15, -0.1) is 5.10 Å². The van der Waals surface area contributed by atoms with Crippen LogP contribution in [0.3, 0.4) is 0 Å². The molecule has 0 unspecified atom stereocenters. The SMILES string of the molecule is Cc1ccc(CNc2cnnc(Nc3ccc(F)cc3)n2)cc1. The molecule has 0 atom stereocenters. The highest BCUT2D eigenvalue weighted by Gasteiger charge is 2.02. The lowest BCUT2D eigenvalue weighted by Gasteiger charge is -2.08. The lowest BCUT2D eigenvalue weighted by Crippen LogP contribution is -2.05. The molecule has 6 heteroatoms. The van der Waals surface area contributed by atoms with Crippen molar-refractivity contribution < 1.29 is 4.39 Å². The number of rotatable bonds is 5. The highest BCUT2D eigenvalue weighted by Crippen LogP contribution is 2.14. The number of anilines is 3. The molecular weight excluding hydrogens is 293 g/mol. The van der Waals surface area contributed by atoms with Crippen LogP contribution >= 0.6 is 0 Å². The van der Waals surface area contributed by atoms with E-state index in [1.165, 1.54) is 17.7 Å². The maximum atomic E-state index is 12.9. The molecule has 116 valence electrons. The van der Waals surface area contributed by atoms with Gasteiger partial charge in [0.15, 0.2) is 5.82 Å². The first-order chi connectivity index (χ1) is 11.2. The summed E-state index contributed by atoms with van der Waals surface area (Å²) in [5.74, 6) is 0.679. The zero-order chi connectivity index (χ0) is 16.1. The van der Waals surface area contributed by atoms with Crippen LogP contribution in [0.4, 0.5) is 21.8 Å². The van der Waals surface area contributed by atoms with Gasteiger partial charge in [-0.3, -0.25) is 0 Å². The van der Waals surface area contributed by atoms with Crippen molar-refractivity contribution in [3.8, 4) is 0 Å². The Bertz CT molecular complexity index is 772. The smallest absolute Gasteiger partial charge is 0.249 e. The van der Waals surface area contributed by atoms with Crippen molar-refractivity contribution >= 4 is 17.5 Å². The van der Waals surface area contributed by atoms with E-state index >= 15 is 0 Å². The van der Waals surface area contributed by atoms with E-state index in [0.29, 0.717) is 24.0 Å². The first-order valence-electron chi connectivity index (χ1n) is 7.21. The second-order valence-electron chi connectivity index (χ2n) is 5.14. The predicted molar refractivity (Wildman–Crippen MR) is 88.0 cm³/mol. The molecule has 1 aromatic heterocycles. The lowest BCUT2D eigenvalue weighted by molar-refractivity contribution is 0.628. The molecule has 0 aliphatic carbocycles. The van der Waals surface area contributed by atoms with Gasteiger partial charge in [-0.05, 0) is 36.8 Å². The van der Waals surface area contributed by atoms with Gasteiger partial charge in [-0.25, -0.2) is 4.39 Å². The Morgan fingerprint density at radius 3 is 2.48 bits per heavy atom. The molecule has 3 aromatic rings. The zero-order valence-corrected chi connectivity index (χ0v) is 12.6. The van der Waals surface area contributed by atoms with Crippen molar-refractivity contribution in [2.24, 2.45) is 0 Å². The molecule has 0 bridgehead atoms. The number of nitrogens with zero attached hydrogens (tertiary/aromatic N) is 3. The van der Waals surface area contributed by atoms with E-state index in [4.69, 9.17) is 0 Å². The highest BCUT2D eigenvalue weighted by atomic mass is 19.1. The van der Waals surface area contributed by atoms with E-state index < -0.39 is 0 Å². The van der Waals surface area contributed by atoms with Crippen LogP contribution in [0, 0.1) is 12.7 Å². The Balaban J connectivity index is 1.65. The Morgan fingerprint density at radius 2 is 1.74 bits per heavy atom. The summed E-state index contributed by atoms with van der Waals surface area (Å²) in [5.41, 5.74) is 3.08. The number of nitrogens with one attached hydrogen (secondary N) is 2. The Hall–Kier alpha value is -3.02. The van der Waals surface area contributed by atoms with Gasteiger partial charge in [0.25, 0.3) is 0 Å². The normalized spacial score (nSPS) is 10.3. The van der Waals surface area contributed by atoms with Gasteiger partial charge in [0.05, 0.1) is 6.20 Å². The van der Waals surface area contributed by atoms with E-state index in [2.05, 4.69) is 57.0 Å². The molecule has 0 amide bonds. The summed E-state index contributed by atoms with van der Waals surface area (Å²) in [4.78, 5) is 4.33. The Labute approximate surface area is 133 Å². The molecule has 0 radical (unpaired) electrons. The van der Waals surface area contributed by atoms with Gasteiger partial charge in [0, 0.05) is 12.2 Å².